The van der Waals surface area contributed by atoms with E-state index in [-0.39, 0.29) is 18.0 Å². The lowest BCUT2D eigenvalue weighted by Crippen LogP contribution is -2.17. The Hall–Kier alpha value is -3.16. The number of hydrogen-bond donors (Lipinski definition) is 1. The number of aromatic nitrogens is 2. The largest absolute Gasteiger partial charge is 0.462 e. The maximum Gasteiger partial charge on any atom is 0.343 e. The monoisotopic (exact) mass is 439 g/mol. The Morgan fingerprint density at radius 1 is 1.20 bits per heavy atom. The number of nitrogens with zero attached hydrogens (tertiary/aromatic N) is 2. The number of para-hydroxylation sites is 1. The van der Waals surface area contributed by atoms with Crippen molar-refractivity contribution in [3.05, 3.63) is 75.8 Å². The molecule has 1 amide bonds. The molecule has 0 atom stereocenters. The molecule has 8 heteroatoms. The lowest BCUT2D eigenvalue weighted by Gasteiger charge is -2.10. The first-order valence-electron chi connectivity index (χ1n) is 9.30. The Morgan fingerprint density at radius 3 is 2.70 bits per heavy atom. The molecule has 1 N–H and O–H groups in total. The van der Waals surface area contributed by atoms with Gasteiger partial charge in [0.1, 0.15) is 10.4 Å². The molecule has 6 nitrogen and oxygen atoms in total. The highest BCUT2D eigenvalue weighted by Gasteiger charge is 2.24. The van der Waals surface area contributed by atoms with Crippen molar-refractivity contribution in [2.45, 2.75) is 13.8 Å². The number of benzene rings is 2. The molecule has 4 rings (SSSR count). The molecule has 152 valence electrons. The van der Waals surface area contributed by atoms with Gasteiger partial charge in [-0.05, 0) is 37.6 Å². The normalized spacial score (nSPS) is 10.9. The molecule has 0 aliphatic rings. The molecule has 0 saturated carbocycles. The average Bonchev–Trinajstić information content (AvgIpc) is 3.30. The molecule has 0 unspecified atom stereocenters. The summed E-state index contributed by atoms with van der Waals surface area (Å²) in [6.07, 6.45) is 1.39. The number of thiophene rings is 1. The fraction of sp³-hybridized carbons (Fsp3) is 0.136. The van der Waals surface area contributed by atoms with Gasteiger partial charge in [-0.1, -0.05) is 41.9 Å². The summed E-state index contributed by atoms with van der Waals surface area (Å²) in [4.78, 5) is 25.9. The van der Waals surface area contributed by atoms with Gasteiger partial charge in [0.05, 0.1) is 23.5 Å². The van der Waals surface area contributed by atoms with E-state index in [0.29, 0.717) is 15.6 Å². The van der Waals surface area contributed by atoms with Gasteiger partial charge in [0, 0.05) is 10.1 Å². The Labute approximate surface area is 182 Å². The molecule has 0 fully saturated rings. The molecular weight excluding hydrogens is 422 g/mol. The van der Waals surface area contributed by atoms with Crippen LogP contribution in [0.5, 0.6) is 0 Å². The highest BCUT2D eigenvalue weighted by Crippen LogP contribution is 2.36. The predicted octanol–water partition coefficient (Wildman–Crippen LogP) is 5.48. The van der Waals surface area contributed by atoms with Gasteiger partial charge in [0.15, 0.2) is 5.82 Å². The maximum absolute atomic E-state index is 13.1. The Balaban J connectivity index is 1.76. The molecule has 2 aromatic carbocycles. The lowest BCUT2D eigenvalue weighted by molar-refractivity contribution is 0.0527. The van der Waals surface area contributed by atoms with Crippen LogP contribution in [0.2, 0.25) is 5.02 Å². The minimum absolute atomic E-state index is 0.169. The fourth-order valence-corrected chi connectivity index (χ4v) is 4.59. The van der Waals surface area contributed by atoms with Gasteiger partial charge < -0.3 is 10.1 Å². The number of ether oxygens (including phenoxy) is 1. The zero-order valence-corrected chi connectivity index (χ0v) is 17.9. The number of amides is 1. The van der Waals surface area contributed by atoms with E-state index in [1.54, 1.807) is 6.92 Å². The third-order valence-electron chi connectivity index (χ3n) is 4.49. The van der Waals surface area contributed by atoms with Gasteiger partial charge >= 0.3 is 5.97 Å². The second-order valence-electron chi connectivity index (χ2n) is 6.57. The van der Waals surface area contributed by atoms with Crippen LogP contribution in [0, 0.1) is 6.92 Å². The Bertz CT molecular complexity index is 1250. The van der Waals surface area contributed by atoms with E-state index in [0.717, 1.165) is 15.6 Å². The maximum atomic E-state index is 13.1. The van der Waals surface area contributed by atoms with Crippen molar-refractivity contribution in [3.63, 3.8) is 0 Å². The summed E-state index contributed by atoms with van der Waals surface area (Å²) in [5.74, 6) is -0.746. The van der Waals surface area contributed by atoms with E-state index in [1.165, 1.54) is 22.2 Å². The van der Waals surface area contributed by atoms with Crippen molar-refractivity contribution in [2.24, 2.45) is 0 Å². The summed E-state index contributed by atoms with van der Waals surface area (Å²) in [5, 5.41) is 8.31. The number of aryl methyl sites for hydroxylation is 1. The lowest BCUT2D eigenvalue weighted by atomic mass is 10.2. The number of carbonyl (C=O) groups is 2. The van der Waals surface area contributed by atoms with Crippen LogP contribution in [0.3, 0.4) is 0 Å². The molecule has 4 aromatic rings. The molecule has 0 spiro atoms. The van der Waals surface area contributed by atoms with Gasteiger partial charge in [0.25, 0.3) is 5.91 Å². The van der Waals surface area contributed by atoms with Crippen LogP contribution in [0.1, 0.15) is 32.5 Å². The zero-order valence-electron chi connectivity index (χ0n) is 16.3. The number of nitrogens with one attached hydrogen (secondary N) is 1. The molecule has 0 radical (unpaired) electrons. The average molecular weight is 440 g/mol. The first-order valence-corrected chi connectivity index (χ1v) is 10.5. The molecule has 0 bridgehead atoms. The fourth-order valence-electron chi connectivity index (χ4n) is 3.07. The highest BCUT2D eigenvalue weighted by atomic mass is 35.5. The van der Waals surface area contributed by atoms with E-state index >= 15 is 0 Å². The number of halogens is 1. The number of hydrogen-bond acceptors (Lipinski definition) is 5. The molecule has 2 heterocycles. The topological polar surface area (TPSA) is 73.2 Å². The van der Waals surface area contributed by atoms with Crippen LogP contribution in [0.4, 0.5) is 5.82 Å². The van der Waals surface area contributed by atoms with E-state index < -0.39 is 11.9 Å². The third-order valence-corrected chi connectivity index (χ3v) is 6.14. The van der Waals surface area contributed by atoms with Gasteiger partial charge in [-0.3, -0.25) is 4.79 Å². The van der Waals surface area contributed by atoms with Crippen LogP contribution in [0.25, 0.3) is 15.8 Å². The Morgan fingerprint density at radius 2 is 1.97 bits per heavy atom. The number of fused-ring (bicyclic) bond motifs is 1. The first kappa shape index (κ1) is 20.1. The Kier molecular flexibility index (Phi) is 5.57. The highest BCUT2D eigenvalue weighted by molar-refractivity contribution is 7.21. The minimum Gasteiger partial charge on any atom is -0.462 e. The van der Waals surface area contributed by atoms with Crippen molar-refractivity contribution in [2.75, 3.05) is 11.9 Å². The number of carbonyl (C=O) groups excluding carboxylic acids is 2. The summed E-state index contributed by atoms with van der Waals surface area (Å²) in [6, 6.07) is 15.1. The summed E-state index contributed by atoms with van der Waals surface area (Å²) in [6.45, 7) is 3.91. The van der Waals surface area contributed by atoms with Gasteiger partial charge in [-0.15, -0.1) is 11.3 Å². The van der Waals surface area contributed by atoms with Crippen molar-refractivity contribution in [1.29, 1.82) is 0 Å². The van der Waals surface area contributed by atoms with Gasteiger partial charge in [-0.25, -0.2) is 9.48 Å². The molecule has 30 heavy (non-hydrogen) atoms. The zero-order chi connectivity index (χ0) is 21.3. The van der Waals surface area contributed by atoms with Crippen molar-refractivity contribution >= 4 is 50.7 Å². The van der Waals surface area contributed by atoms with Crippen molar-refractivity contribution in [3.8, 4) is 5.69 Å². The van der Waals surface area contributed by atoms with Crippen LogP contribution >= 0.6 is 22.9 Å². The van der Waals surface area contributed by atoms with Crippen LogP contribution < -0.4 is 5.32 Å². The number of esters is 1. The van der Waals surface area contributed by atoms with Crippen LogP contribution in [0.15, 0.2) is 54.7 Å². The van der Waals surface area contributed by atoms with E-state index in [1.807, 2.05) is 55.5 Å². The second kappa shape index (κ2) is 8.30. The predicted molar refractivity (Wildman–Crippen MR) is 119 cm³/mol. The summed E-state index contributed by atoms with van der Waals surface area (Å²) < 4.78 is 7.54. The van der Waals surface area contributed by atoms with Gasteiger partial charge in [0.2, 0.25) is 0 Å². The van der Waals surface area contributed by atoms with Crippen molar-refractivity contribution in [1.82, 2.24) is 9.78 Å². The van der Waals surface area contributed by atoms with E-state index in [2.05, 4.69) is 10.4 Å². The minimum atomic E-state index is -0.562. The quantitative estimate of drug-likeness (QED) is 0.418. The summed E-state index contributed by atoms with van der Waals surface area (Å²) in [7, 11) is 0. The molecule has 0 aliphatic carbocycles. The summed E-state index contributed by atoms with van der Waals surface area (Å²) >= 11 is 7.79. The summed E-state index contributed by atoms with van der Waals surface area (Å²) in [5.41, 5.74) is 1.95. The third kappa shape index (κ3) is 3.69. The number of rotatable bonds is 5. The molecule has 0 saturated heterocycles. The van der Waals surface area contributed by atoms with Gasteiger partial charge in [-0.2, -0.15) is 5.10 Å². The molecule has 2 aromatic heterocycles. The second-order valence-corrected chi connectivity index (χ2v) is 8.00. The van der Waals surface area contributed by atoms with Crippen LogP contribution in [-0.4, -0.2) is 28.3 Å². The van der Waals surface area contributed by atoms with Crippen molar-refractivity contribution < 1.29 is 14.3 Å². The number of anilines is 1. The molecule has 0 aliphatic heterocycles. The van der Waals surface area contributed by atoms with E-state index in [4.69, 9.17) is 16.3 Å². The SMILES string of the molecule is CCOC(=O)c1cnn(-c2ccccc2)c1NC(=O)c1sc2cc(C)ccc2c1Cl. The van der Waals surface area contributed by atoms with Crippen LogP contribution in [-0.2, 0) is 4.74 Å². The van der Waals surface area contributed by atoms with E-state index in [9.17, 15) is 9.59 Å². The first-order chi connectivity index (χ1) is 14.5. The smallest absolute Gasteiger partial charge is 0.343 e. The molecular formula is C22H18ClN3O3S. The standard InChI is InChI=1S/C22H18ClN3O3S/c1-3-29-22(28)16-12-24-26(14-7-5-4-6-8-14)20(16)25-21(27)19-18(23)15-10-9-13(2)11-17(15)30-19/h4-12H,3H2,1-2H3,(H,25,27).